The summed E-state index contributed by atoms with van der Waals surface area (Å²) in [6, 6.07) is 9.15. The third kappa shape index (κ3) is 2.49. The maximum absolute atomic E-state index is 8.59. The molecule has 4 N–H and O–H groups in total. The lowest BCUT2D eigenvalue weighted by Crippen LogP contribution is -2.23. The number of rotatable bonds is 2. The predicted octanol–water partition coefficient (Wildman–Crippen LogP) is 0.893. The van der Waals surface area contributed by atoms with Crippen LogP contribution in [0.4, 0.5) is 0 Å². The van der Waals surface area contributed by atoms with E-state index >= 15 is 0 Å². The lowest BCUT2D eigenvalue weighted by atomic mass is 10.1. The van der Waals surface area contributed by atoms with Crippen molar-refractivity contribution in [1.82, 2.24) is 0 Å². The number of aliphatic imine (C=N–C) groups is 1. The minimum atomic E-state index is -0.0762. The van der Waals surface area contributed by atoms with Crippen LogP contribution in [0.5, 0.6) is 0 Å². The van der Waals surface area contributed by atoms with Crippen molar-refractivity contribution in [2.45, 2.75) is 13.0 Å². The number of hydrogen-bond donors (Lipinski definition) is 2. The van der Waals surface area contributed by atoms with Crippen molar-refractivity contribution in [3.8, 4) is 6.07 Å². The fraction of sp³-hybridized carbons (Fsp3) is 0.200. The molecule has 72 valence electrons. The summed E-state index contributed by atoms with van der Waals surface area (Å²) in [4.78, 5) is 3.99. The Morgan fingerprint density at radius 1 is 1.36 bits per heavy atom. The molecular weight excluding hydrogens is 176 g/mol. The summed E-state index contributed by atoms with van der Waals surface area (Å²) in [5.41, 5.74) is 12.1. The highest BCUT2D eigenvalue weighted by atomic mass is 15.0. The molecule has 0 radical (unpaired) electrons. The Morgan fingerprint density at radius 2 is 1.93 bits per heavy atom. The molecule has 1 atom stereocenters. The third-order valence-electron chi connectivity index (χ3n) is 1.86. The summed E-state index contributed by atoms with van der Waals surface area (Å²) in [5.74, 6) is 0.0712. The van der Waals surface area contributed by atoms with Gasteiger partial charge in [-0.3, -0.25) is 0 Å². The molecule has 0 amide bonds. The van der Waals surface area contributed by atoms with Crippen molar-refractivity contribution >= 4 is 5.96 Å². The zero-order valence-electron chi connectivity index (χ0n) is 7.94. The Morgan fingerprint density at radius 3 is 2.36 bits per heavy atom. The summed E-state index contributed by atoms with van der Waals surface area (Å²) in [7, 11) is 0. The second-order valence-corrected chi connectivity index (χ2v) is 2.96. The van der Waals surface area contributed by atoms with Gasteiger partial charge in [0.05, 0.1) is 17.7 Å². The number of nitriles is 1. The summed E-state index contributed by atoms with van der Waals surface area (Å²) in [6.07, 6.45) is 0. The van der Waals surface area contributed by atoms with Gasteiger partial charge in [0.1, 0.15) is 0 Å². The lowest BCUT2D eigenvalue weighted by Gasteiger charge is -2.06. The Kier molecular flexibility index (Phi) is 3.08. The first-order valence-electron chi connectivity index (χ1n) is 4.22. The molecule has 1 rings (SSSR count). The first-order chi connectivity index (χ1) is 6.63. The van der Waals surface area contributed by atoms with E-state index < -0.39 is 0 Å². The second-order valence-electron chi connectivity index (χ2n) is 2.96. The van der Waals surface area contributed by atoms with Gasteiger partial charge >= 0.3 is 0 Å². The summed E-state index contributed by atoms with van der Waals surface area (Å²) >= 11 is 0. The van der Waals surface area contributed by atoms with E-state index in [-0.39, 0.29) is 12.0 Å². The molecule has 0 bridgehead atoms. The number of nitrogens with zero attached hydrogens (tertiary/aromatic N) is 2. The van der Waals surface area contributed by atoms with E-state index in [0.717, 1.165) is 5.56 Å². The van der Waals surface area contributed by atoms with Gasteiger partial charge < -0.3 is 11.5 Å². The molecular formula is C10H12N4. The van der Waals surface area contributed by atoms with Gasteiger partial charge in [0.15, 0.2) is 5.96 Å². The first-order valence-corrected chi connectivity index (χ1v) is 4.22. The smallest absolute Gasteiger partial charge is 0.186 e. The van der Waals surface area contributed by atoms with Crippen LogP contribution < -0.4 is 11.5 Å². The Bertz CT molecular complexity index is 368. The predicted molar refractivity (Wildman–Crippen MR) is 55.4 cm³/mol. The molecule has 0 saturated heterocycles. The Hall–Kier alpha value is -2.02. The van der Waals surface area contributed by atoms with Gasteiger partial charge in [-0.25, -0.2) is 4.99 Å². The second kappa shape index (κ2) is 4.28. The van der Waals surface area contributed by atoms with Crippen LogP contribution in [0.2, 0.25) is 0 Å². The Balaban J connectivity index is 2.88. The average Bonchev–Trinajstić information content (AvgIpc) is 2.17. The van der Waals surface area contributed by atoms with Crippen molar-refractivity contribution in [1.29, 1.82) is 5.26 Å². The Labute approximate surface area is 82.9 Å². The molecule has 0 aliphatic carbocycles. The quantitative estimate of drug-likeness (QED) is 0.533. The molecule has 4 heteroatoms. The first kappa shape index (κ1) is 10.1. The van der Waals surface area contributed by atoms with Crippen LogP contribution in [-0.2, 0) is 0 Å². The van der Waals surface area contributed by atoms with Crippen LogP contribution in [0, 0.1) is 11.3 Å². The van der Waals surface area contributed by atoms with Gasteiger partial charge in [-0.2, -0.15) is 5.26 Å². The standard InChI is InChI=1S/C10H12N4/c1-7(14-10(12)13)9-4-2-8(6-11)3-5-9/h2-5,7H,1H3,(H4,12,13,14). The van der Waals surface area contributed by atoms with Crippen LogP contribution in [0.25, 0.3) is 0 Å². The van der Waals surface area contributed by atoms with E-state index in [4.69, 9.17) is 16.7 Å². The molecule has 0 aliphatic rings. The van der Waals surface area contributed by atoms with E-state index in [9.17, 15) is 0 Å². The topological polar surface area (TPSA) is 88.2 Å². The number of benzene rings is 1. The van der Waals surface area contributed by atoms with Crippen molar-refractivity contribution < 1.29 is 0 Å². The number of nitrogens with two attached hydrogens (primary N) is 2. The molecule has 0 fully saturated rings. The van der Waals surface area contributed by atoms with E-state index in [0.29, 0.717) is 5.56 Å². The van der Waals surface area contributed by atoms with Gasteiger partial charge in [0.25, 0.3) is 0 Å². The minimum absolute atomic E-state index is 0.0712. The molecule has 1 aromatic rings. The minimum Gasteiger partial charge on any atom is -0.370 e. The van der Waals surface area contributed by atoms with Crippen LogP contribution in [0.1, 0.15) is 24.1 Å². The normalized spacial score (nSPS) is 11.4. The van der Waals surface area contributed by atoms with Crippen LogP contribution in [-0.4, -0.2) is 5.96 Å². The highest BCUT2D eigenvalue weighted by molar-refractivity contribution is 5.75. The van der Waals surface area contributed by atoms with Gasteiger partial charge in [-0.05, 0) is 24.6 Å². The maximum atomic E-state index is 8.59. The van der Waals surface area contributed by atoms with Crippen molar-refractivity contribution in [3.63, 3.8) is 0 Å². The van der Waals surface area contributed by atoms with E-state index in [1.807, 2.05) is 25.1 Å². The SMILES string of the molecule is CC(N=C(N)N)c1ccc(C#N)cc1. The average molecular weight is 188 g/mol. The molecule has 0 aromatic heterocycles. The molecule has 0 saturated carbocycles. The van der Waals surface area contributed by atoms with Crippen molar-refractivity contribution in [3.05, 3.63) is 35.4 Å². The van der Waals surface area contributed by atoms with Crippen molar-refractivity contribution in [2.75, 3.05) is 0 Å². The van der Waals surface area contributed by atoms with Gasteiger partial charge in [0, 0.05) is 0 Å². The number of guanidine groups is 1. The van der Waals surface area contributed by atoms with Gasteiger partial charge in [0.2, 0.25) is 0 Å². The largest absolute Gasteiger partial charge is 0.370 e. The summed E-state index contributed by atoms with van der Waals surface area (Å²) < 4.78 is 0. The lowest BCUT2D eigenvalue weighted by molar-refractivity contribution is 0.815. The molecule has 0 aliphatic heterocycles. The molecule has 1 unspecified atom stereocenters. The zero-order valence-corrected chi connectivity index (χ0v) is 7.94. The number of hydrogen-bond acceptors (Lipinski definition) is 2. The van der Waals surface area contributed by atoms with E-state index in [2.05, 4.69) is 4.99 Å². The fourth-order valence-electron chi connectivity index (χ4n) is 1.13. The molecule has 0 heterocycles. The zero-order chi connectivity index (χ0) is 10.6. The van der Waals surface area contributed by atoms with E-state index in [1.165, 1.54) is 0 Å². The summed E-state index contributed by atoms with van der Waals surface area (Å²) in [6.45, 7) is 1.89. The van der Waals surface area contributed by atoms with Crippen LogP contribution in [0.3, 0.4) is 0 Å². The highest BCUT2D eigenvalue weighted by Gasteiger charge is 2.02. The summed E-state index contributed by atoms with van der Waals surface area (Å²) in [5, 5.41) is 8.59. The fourth-order valence-corrected chi connectivity index (χ4v) is 1.13. The maximum Gasteiger partial charge on any atom is 0.186 e. The van der Waals surface area contributed by atoms with Crippen LogP contribution >= 0.6 is 0 Å². The molecule has 14 heavy (non-hydrogen) atoms. The third-order valence-corrected chi connectivity index (χ3v) is 1.86. The molecule has 4 nitrogen and oxygen atoms in total. The van der Waals surface area contributed by atoms with Gasteiger partial charge in [-0.1, -0.05) is 12.1 Å². The van der Waals surface area contributed by atoms with E-state index in [1.54, 1.807) is 12.1 Å². The van der Waals surface area contributed by atoms with Gasteiger partial charge in [-0.15, -0.1) is 0 Å². The monoisotopic (exact) mass is 188 g/mol. The van der Waals surface area contributed by atoms with Crippen molar-refractivity contribution in [2.24, 2.45) is 16.5 Å². The van der Waals surface area contributed by atoms with Crippen LogP contribution in [0.15, 0.2) is 29.3 Å². The highest BCUT2D eigenvalue weighted by Crippen LogP contribution is 2.16. The molecule has 1 aromatic carbocycles. The molecule has 0 spiro atoms.